The van der Waals surface area contributed by atoms with Crippen molar-refractivity contribution in [1.82, 2.24) is 5.32 Å². The van der Waals surface area contributed by atoms with Gasteiger partial charge in [0.2, 0.25) is 0 Å². The third kappa shape index (κ3) is 4.47. The summed E-state index contributed by atoms with van der Waals surface area (Å²) in [5.74, 6) is -4.09. The Bertz CT molecular complexity index is 534. The maximum atomic E-state index is 12.9. The summed E-state index contributed by atoms with van der Waals surface area (Å²) in [5.41, 5.74) is 0.0821. The highest BCUT2D eigenvalue weighted by Gasteiger charge is 2.24. The van der Waals surface area contributed by atoms with E-state index in [-0.39, 0.29) is 5.56 Å². The van der Waals surface area contributed by atoms with E-state index < -0.39 is 36.1 Å². The predicted octanol–water partition coefficient (Wildman–Crippen LogP) is 1.09. The SMILES string of the molecule is O=C(O)CC(NC(=O)c1ccc(F)cc1I)C(=O)O. The van der Waals surface area contributed by atoms with Gasteiger partial charge in [-0.1, -0.05) is 0 Å². The number of carboxylic acid groups (broad SMARTS) is 2. The first-order valence-electron chi connectivity index (χ1n) is 5.01. The summed E-state index contributed by atoms with van der Waals surface area (Å²) in [5, 5.41) is 19.4. The van der Waals surface area contributed by atoms with E-state index in [1.54, 1.807) is 22.6 Å². The largest absolute Gasteiger partial charge is 0.481 e. The Kier molecular flexibility index (Phi) is 5.21. The number of amides is 1. The van der Waals surface area contributed by atoms with Crippen LogP contribution in [0.2, 0.25) is 0 Å². The molecule has 0 aliphatic heterocycles. The molecule has 8 heteroatoms. The molecular formula is C11H9FINO5. The fourth-order valence-corrected chi connectivity index (χ4v) is 2.01. The maximum absolute atomic E-state index is 12.9. The average molecular weight is 381 g/mol. The summed E-state index contributed by atoms with van der Waals surface area (Å²) < 4.78 is 13.2. The minimum atomic E-state index is -1.54. The van der Waals surface area contributed by atoms with E-state index in [2.05, 4.69) is 5.32 Å². The van der Waals surface area contributed by atoms with Crippen LogP contribution in [0.1, 0.15) is 16.8 Å². The van der Waals surface area contributed by atoms with Gasteiger partial charge in [-0.2, -0.15) is 0 Å². The third-order valence-electron chi connectivity index (χ3n) is 2.16. The van der Waals surface area contributed by atoms with Crippen molar-refractivity contribution < 1.29 is 29.0 Å². The fourth-order valence-electron chi connectivity index (χ4n) is 1.28. The molecule has 102 valence electrons. The van der Waals surface area contributed by atoms with E-state index in [0.717, 1.165) is 12.1 Å². The number of hydrogen-bond donors (Lipinski definition) is 3. The van der Waals surface area contributed by atoms with Crippen molar-refractivity contribution in [1.29, 1.82) is 0 Å². The van der Waals surface area contributed by atoms with Crippen LogP contribution >= 0.6 is 22.6 Å². The summed E-state index contributed by atoms with van der Waals surface area (Å²) in [6.07, 6.45) is -0.737. The normalized spacial score (nSPS) is 11.7. The first kappa shape index (κ1) is 15.3. The molecule has 0 saturated heterocycles. The smallest absolute Gasteiger partial charge is 0.326 e. The predicted molar refractivity (Wildman–Crippen MR) is 70.3 cm³/mol. The van der Waals surface area contributed by atoms with E-state index in [1.807, 2.05) is 0 Å². The Hall–Kier alpha value is -1.71. The van der Waals surface area contributed by atoms with Crippen molar-refractivity contribution in [2.24, 2.45) is 0 Å². The zero-order valence-electron chi connectivity index (χ0n) is 9.39. The number of hydrogen-bond acceptors (Lipinski definition) is 3. The Labute approximate surface area is 120 Å². The minimum absolute atomic E-state index is 0.0821. The van der Waals surface area contributed by atoms with Gasteiger partial charge in [0.25, 0.3) is 5.91 Å². The van der Waals surface area contributed by atoms with E-state index in [4.69, 9.17) is 10.2 Å². The molecule has 3 N–H and O–H groups in total. The van der Waals surface area contributed by atoms with Crippen molar-refractivity contribution in [3.05, 3.63) is 33.1 Å². The second-order valence-electron chi connectivity index (χ2n) is 3.59. The molecular weight excluding hydrogens is 372 g/mol. The highest BCUT2D eigenvalue weighted by molar-refractivity contribution is 14.1. The summed E-state index contributed by atoms with van der Waals surface area (Å²) >= 11 is 1.73. The molecule has 6 nitrogen and oxygen atoms in total. The van der Waals surface area contributed by atoms with Gasteiger partial charge in [-0.25, -0.2) is 9.18 Å². The molecule has 0 aliphatic carbocycles. The lowest BCUT2D eigenvalue weighted by molar-refractivity contribution is -0.145. The van der Waals surface area contributed by atoms with Gasteiger partial charge in [-0.3, -0.25) is 9.59 Å². The average Bonchev–Trinajstić information content (AvgIpc) is 2.26. The number of carbonyl (C=O) groups excluding carboxylic acids is 1. The summed E-state index contributed by atoms with van der Waals surface area (Å²) in [6.45, 7) is 0. The van der Waals surface area contributed by atoms with Crippen LogP contribution in [0.3, 0.4) is 0 Å². The van der Waals surface area contributed by atoms with Crippen molar-refractivity contribution in [2.75, 3.05) is 0 Å². The Balaban J connectivity index is 2.87. The molecule has 1 aromatic carbocycles. The van der Waals surface area contributed by atoms with Gasteiger partial charge in [-0.15, -0.1) is 0 Å². The van der Waals surface area contributed by atoms with E-state index in [9.17, 15) is 18.8 Å². The molecule has 1 atom stereocenters. The molecule has 1 amide bonds. The van der Waals surface area contributed by atoms with Gasteiger partial charge in [0.05, 0.1) is 12.0 Å². The van der Waals surface area contributed by atoms with Gasteiger partial charge in [0, 0.05) is 3.57 Å². The van der Waals surface area contributed by atoms with Crippen molar-refractivity contribution in [2.45, 2.75) is 12.5 Å². The number of aliphatic carboxylic acids is 2. The van der Waals surface area contributed by atoms with Crippen molar-refractivity contribution in [3.63, 3.8) is 0 Å². The molecule has 1 aromatic rings. The zero-order chi connectivity index (χ0) is 14.6. The molecule has 0 heterocycles. The topological polar surface area (TPSA) is 104 Å². The second-order valence-corrected chi connectivity index (χ2v) is 4.75. The first-order valence-corrected chi connectivity index (χ1v) is 6.09. The monoisotopic (exact) mass is 381 g/mol. The minimum Gasteiger partial charge on any atom is -0.481 e. The van der Waals surface area contributed by atoms with Crippen molar-refractivity contribution >= 4 is 40.4 Å². The lowest BCUT2D eigenvalue weighted by atomic mass is 10.1. The first-order chi connectivity index (χ1) is 8.81. The number of carboxylic acids is 2. The molecule has 1 rings (SSSR count). The summed E-state index contributed by atoms with van der Waals surface area (Å²) in [7, 11) is 0. The standard InChI is InChI=1S/C11H9FINO5/c12-5-1-2-6(7(13)3-5)10(17)14-8(11(18)19)4-9(15)16/h1-3,8H,4H2,(H,14,17)(H,15,16)(H,18,19). The molecule has 0 fully saturated rings. The molecule has 1 unspecified atom stereocenters. The fraction of sp³-hybridized carbons (Fsp3) is 0.182. The lowest BCUT2D eigenvalue weighted by Gasteiger charge is -2.13. The maximum Gasteiger partial charge on any atom is 0.326 e. The van der Waals surface area contributed by atoms with E-state index >= 15 is 0 Å². The molecule has 0 aromatic heterocycles. The van der Waals surface area contributed by atoms with Gasteiger partial charge in [-0.05, 0) is 40.8 Å². The lowest BCUT2D eigenvalue weighted by Crippen LogP contribution is -2.42. The van der Waals surface area contributed by atoms with Crippen molar-refractivity contribution in [3.8, 4) is 0 Å². The molecule has 0 bridgehead atoms. The van der Waals surface area contributed by atoms with Gasteiger partial charge in [0.1, 0.15) is 11.9 Å². The van der Waals surface area contributed by atoms with Gasteiger partial charge in [0.15, 0.2) is 0 Å². The number of nitrogens with one attached hydrogen (secondary N) is 1. The molecule has 19 heavy (non-hydrogen) atoms. The summed E-state index contributed by atoms with van der Waals surface area (Å²) in [4.78, 5) is 33.1. The van der Waals surface area contributed by atoms with Crippen LogP contribution in [-0.4, -0.2) is 34.1 Å². The molecule has 0 spiro atoms. The highest BCUT2D eigenvalue weighted by atomic mass is 127. The molecule has 0 aliphatic rings. The molecule has 0 saturated carbocycles. The number of rotatable bonds is 5. The van der Waals surface area contributed by atoms with Crippen LogP contribution in [0.5, 0.6) is 0 Å². The Morgan fingerprint density at radius 3 is 2.42 bits per heavy atom. The number of halogens is 2. The highest BCUT2D eigenvalue weighted by Crippen LogP contribution is 2.14. The zero-order valence-corrected chi connectivity index (χ0v) is 11.5. The Morgan fingerprint density at radius 2 is 1.95 bits per heavy atom. The second kappa shape index (κ2) is 6.45. The summed E-state index contributed by atoms with van der Waals surface area (Å²) in [6, 6.07) is 1.84. The van der Waals surface area contributed by atoms with Crippen LogP contribution < -0.4 is 5.32 Å². The van der Waals surface area contributed by atoms with Crippen LogP contribution in [0.4, 0.5) is 4.39 Å². The Morgan fingerprint density at radius 1 is 1.32 bits per heavy atom. The van der Waals surface area contributed by atoms with E-state index in [1.165, 1.54) is 6.07 Å². The third-order valence-corrected chi connectivity index (χ3v) is 3.05. The van der Waals surface area contributed by atoms with Crippen LogP contribution in [0.15, 0.2) is 18.2 Å². The van der Waals surface area contributed by atoms with Crippen LogP contribution in [0.25, 0.3) is 0 Å². The van der Waals surface area contributed by atoms with Crippen LogP contribution in [0, 0.1) is 9.39 Å². The number of benzene rings is 1. The van der Waals surface area contributed by atoms with Crippen LogP contribution in [-0.2, 0) is 9.59 Å². The number of carbonyl (C=O) groups is 3. The van der Waals surface area contributed by atoms with Gasteiger partial charge < -0.3 is 15.5 Å². The quantitative estimate of drug-likeness (QED) is 0.663. The van der Waals surface area contributed by atoms with E-state index in [0.29, 0.717) is 3.57 Å². The van der Waals surface area contributed by atoms with Gasteiger partial charge >= 0.3 is 11.9 Å². The molecule has 0 radical (unpaired) electrons.